The second-order valence-corrected chi connectivity index (χ2v) is 3.88. The lowest BCUT2D eigenvalue weighted by Gasteiger charge is -2.19. The van der Waals surface area contributed by atoms with Crippen molar-refractivity contribution in [2.45, 2.75) is 65.0 Å². The van der Waals surface area contributed by atoms with Crippen molar-refractivity contribution in [2.24, 2.45) is 5.92 Å². The van der Waals surface area contributed by atoms with E-state index in [0.29, 0.717) is 12.8 Å². The lowest BCUT2D eigenvalue weighted by molar-refractivity contribution is -0.178. The van der Waals surface area contributed by atoms with Crippen LogP contribution in [0.4, 0.5) is 13.2 Å². The maximum absolute atomic E-state index is 12.4. The standard InChI is InChI=1S/C11H21F3/c1-3-5-6-7-9-10(8-4-2)11(12,13)14/h10H,3-9H2,1-2H3. The predicted molar refractivity (Wildman–Crippen MR) is 53.2 cm³/mol. The van der Waals surface area contributed by atoms with Crippen LogP contribution in [-0.4, -0.2) is 6.18 Å². The van der Waals surface area contributed by atoms with E-state index in [1.165, 1.54) is 0 Å². The summed E-state index contributed by atoms with van der Waals surface area (Å²) in [6.45, 7) is 3.87. The van der Waals surface area contributed by atoms with Crippen molar-refractivity contribution in [2.75, 3.05) is 0 Å². The van der Waals surface area contributed by atoms with Crippen LogP contribution in [0, 0.1) is 5.92 Å². The summed E-state index contributed by atoms with van der Waals surface area (Å²) in [7, 11) is 0. The van der Waals surface area contributed by atoms with Gasteiger partial charge < -0.3 is 0 Å². The number of hydrogen-bond donors (Lipinski definition) is 0. The molecule has 3 heteroatoms. The highest BCUT2D eigenvalue weighted by Crippen LogP contribution is 2.33. The molecule has 0 aliphatic carbocycles. The molecule has 0 saturated carbocycles. The Balaban J connectivity index is 3.74. The SMILES string of the molecule is CCCCCCC(CCC)C(F)(F)F. The molecule has 0 heterocycles. The topological polar surface area (TPSA) is 0 Å². The third-order valence-electron chi connectivity index (χ3n) is 2.51. The van der Waals surface area contributed by atoms with E-state index < -0.39 is 12.1 Å². The maximum Gasteiger partial charge on any atom is 0.391 e. The van der Waals surface area contributed by atoms with E-state index in [9.17, 15) is 13.2 Å². The van der Waals surface area contributed by atoms with E-state index >= 15 is 0 Å². The van der Waals surface area contributed by atoms with Crippen molar-refractivity contribution in [1.82, 2.24) is 0 Å². The van der Waals surface area contributed by atoms with Gasteiger partial charge in [0.05, 0.1) is 5.92 Å². The van der Waals surface area contributed by atoms with Gasteiger partial charge in [0.15, 0.2) is 0 Å². The van der Waals surface area contributed by atoms with Crippen LogP contribution < -0.4 is 0 Å². The quantitative estimate of drug-likeness (QED) is 0.522. The number of unbranched alkanes of at least 4 members (excludes halogenated alkanes) is 3. The van der Waals surface area contributed by atoms with Crippen LogP contribution in [0.3, 0.4) is 0 Å². The van der Waals surface area contributed by atoms with Crippen molar-refractivity contribution in [3.05, 3.63) is 0 Å². The molecular formula is C11H21F3. The van der Waals surface area contributed by atoms with Crippen LogP contribution >= 0.6 is 0 Å². The lowest BCUT2D eigenvalue weighted by atomic mass is 9.96. The van der Waals surface area contributed by atoms with Crippen LogP contribution in [0.15, 0.2) is 0 Å². The monoisotopic (exact) mass is 210 g/mol. The van der Waals surface area contributed by atoms with Crippen LogP contribution in [-0.2, 0) is 0 Å². The summed E-state index contributed by atoms with van der Waals surface area (Å²) in [4.78, 5) is 0. The molecule has 0 bridgehead atoms. The molecule has 0 aromatic rings. The average Bonchev–Trinajstić information content (AvgIpc) is 2.08. The molecule has 0 aromatic heterocycles. The highest BCUT2D eigenvalue weighted by atomic mass is 19.4. The van der Waals surface area contributed by atoms with E-state index in [1.807, 2.05) is 6.92 Å². The Morgan fingerprint density at radius 3 is 1.93 bits per heavy atom. The van der Waals surface area contributed by atoms with Gasteiger partial charge in [-0.25, -0.2) is 0 Å². The largest absolute Gasteiger partial charge is 0.391 e. The Morgan fingerprint density at radius 1 is 0.857 bits per heavy atom. The molecule has 0 aromatic carbocycles. The molecular weight excluding hydrogens is 189 g/mol. The first-order valence-corrected chi connectivity index (χ1v) is 5.59. The molecule has 0 N–H and O–H groups in total. The lowest BCUT2D eigenvalue weighted by Crippen LogP contribution is -2.22. The summed E-state index contributed by atoms with van der Waals surface area (Å²) in [6, 6.07) is 0. The molecule has 14 heavy (non-hydrogen) atoms. The summed E-state index contributed by atoms with van der Waals surface area (Å²) >= 11 is 0. The minimum atomic E-state index is -3.98. The second-order valence-electron chi connectivity index (χ2n) is 3.88. The van der Waals surface area contributed by atoms with Crippen molar-refractivity contribution in [3.8, 4) is 0 Å². The van der Waals surface area contributed by atoms with Gasteiger partial charge in [-0.2, -0.15) is 13.2 Å². The molecule has 1 atom stereocenters. The van der Waals surface area contributed by atoms with Crippen LogP contribution in [0.2, 0.25) is 0 Å². The zero-order valence-electron chi connectivity index (χ0n) is 9.16. The van der Waals surface area contributed by atoms with Crippen molar-refractivity contribution in [1.29, 1.82) is 0 Å². The Kier molecular flexibility index (Phi) is 7.02. The van der Waals surface area contributed by atoms with Crippen molar-refractivity contribution >= 4 is 0 Å². The first-order chi connectivity index (χ1) is 6.52. The first-order valence-electron chi connectivity index (χ1n) is 5.59. The molecule has 0 saturated heterocycles. The smallest absolute Gasteiger partial charge is 0.171 e. The first kappa shape index (κ1) is 13.8. The number of hydrogen-bond acceptors (Lipinski definition) is 0. The molecule has 1 unspecified atom stereocenters. The Labute approximate surface area is 84.9 Å². The van der Waals surface area contributed by atoms with Crippen molar-refractivity contribution in [3.63, 3.8) is 0 Å². The number of alkyl halides is 3. The van der Waals surface area contributed by atoms with E-state index in [1.54, 1.807) is 0 Å². The van der Waals surface area contributed by atoms with Crippen LogP contribution in [0.1, 0.15) is 58.8 Å². The third-order valence-corrected chi connectivity index (χ3v) is 2.51. The van der Waals surface area contributed by atoms with Gasteiger partial charge in [-0.3, -0.25) is 0 Å². The Bertz CT molecular complexity index is 129. The zero-order chi connectivity index (χ0) is 11.0. The molecule has 0 rings (SSSR count). The molecule has 0 spiro atoms. The molecule has 86 valence electrons. The Hall–Kier alpha value is -0.210. The minimum Gasteiger partial charge on any atom is -0.171 e. The molecule has 0 nitrogen and oxygen atoms in total. The number of halogens is 3. The van der Waals surface area contributed by atoms with Crippen LogP contribution in [0.5, 0.6) is 0 Å². The zero-order valence-corrected chi connectivity index (χ0v) is 9.16. The normalized spacial score (nSPS) is 14.4. The minimum absolute atomic E-state index is 0.287. The van der Waals surface area contributed by atoms with Crippen molar-refractivity contribution < 1.29 is 13.2 Å². The van der Waals surface area contributed by atoms with Gasteiger partial charge in [-0.1, -0.05) is 46.0 Å². The fourth-order valence-electron chi connectivity index (χ4n) is 1.64. The predicted octanol–water partition coefficient (Wildman–Crippen LogP) is 4.94. The second kappa shape index (κ2) is 7.13. The van der Waals surface area contributed by atoms with Gasteiger partial charge in [0.25, 0.3) is 0 Å². The van der Waals surface area contributed by atoms with E-state index in [2.05, 4.69) is 6.92 Å². The maximum atomic E-state index is 12.4. The van der Waals surface area contributed by atoms with E-state index in [4.69, 9.17) is 0 Å². The Morgan fingerprint density at radius 2 is 1.50 bits per heavy atom. The fraction of sp³-hybridized carbons (Fsp3) is 1.00. The van der Waals surface area contributed by atoms with Gasteiger partial charge in [0, 0.05) is 0 Å². The summed E-state index contributed by atoms with van der Waals surface area (Å²) in [5.74, 6) is -1.07. The fourth-order valence-corrected chi connectivity index (χ4v) is 1.64. The molecule has 0 amide bonds. The average molecular weight is 210 g/mol. The van der Waals surface area contributed by atoms with Crippen LogP contribution in [0.25, 0.3) is 0 Å². The summed E-state index contributed by atoms with van der Waals surface area (Å²) in [5.41, 5.74) is 0. The third kappa shape index (κ3) is 6.28. The van der Waals surface area contributed by atoms with Gasteiger partial charge in [-0.05, 0) is 12.8 Å². The van der Waals surface area contributed by atoms with E-state index in [-0.39, 0.29) is 6.42 Å². The summed E-state index contributed by atoms with van der Waals surface area (Å²) < 4.78 is 37.2. The summed E-state index contributed by atoms with van der Waals surface area (Å²) in [5, 5.41) is 0. The summed E-state index contributed by atoms with van der Waals surface area (Å²) in [6.07, 6.45) is 1.03. The van der Waals surface area contributed by atoms with Gasteiger partial charge in [-0.15, -0.1) is 0 Å². The van der Waals surface area contributed by atoms with Gasteiger partial charge in [0.1, 0.15) is 0 Å². The van der Waals surface area contributed by atoms with Gasteiger partial charge >= 0.3 is 6.18 Å². The van der Waals surface area contributed by atoms with E-state index in [0.717, 1.165) is 25.7 Å². The molecule has 0 aliphatic rings. The highest BCUT2D eigenvalue weighted by molar-refractivity contribution is 4.67. The highest BCUT2D eigenvalue weighted by Gasteiger charge is 2.37. The molecule has 0 fully saturated rings. The molecule has 0 aliphatic heterocycles. The van der Waals surface area contributed by atoms with Gasteiger partial charge in [0.2, 0.25) is 0 Å². The number of rotatable bonds is 7. The molecule has 0 radical (unpaired) electrons.